The number of ether oxygens (including phenoxy) is 1. The van der Waals surface area contributed by atoms with E-state index in [1.165, 1.54) is 5.01 Å². The minimum Gasteiger partial charge on any atom is -0.448 e. The molecule has 0 saturated heterocycles. The highest BCUT2D eigenvalue weighted by Crippen LogP contribution is 2.27. The second-order valence-corrected chi connectivity index (χ2v) is 6.51. The first-order chi connectivity index (χ1) is 12.0. The van der Waals surface area contributed by atoms with Gasteiger partial charge in [-0.1, -0.05) is 34.1 Å². The highest BCUT2D eigenvalue weighted by molar-refractivity contribution is 9.10. The molecule has 1 aliphatic rings. The van der Waals surface area contributed by atoms with Crippen LogP contribution >= 0.6 is 15.9 Å². The molecule has 1 heterocycles. The van der Waals surface area contributed by atoms with Crippen LogP contribution in [0.15, 0.2) is 57.7 Å². The van der Waals surface area contributed by atoms with Crippen molar-refractivity contribution < 1.29 is 9.53 Å². The van der Waals surface area contributed by atoms with E-state index in [9.17, 15) is 4.79 Å². The molecule has 0 aliphatic carbocycles. The summed E-state index contributed by atoms with van der Waals surface area (Å²) >= 11 is 3.51. The number of hydrogen-bond acceptors (Lipinski definition) is 4. The number of allylic oxidation sites excluding steroid dienone is 1. The minimum absolute atomic E-state index is 0.286. The van der Waals surface area contributed by atoms with Crippen LogP contribution in [0.2, 0.25) is 0 Å². The van der Waals surface area contributed by atoms with Gasteiger partial charge >= 0.3 is 6.09 Å². The third-order valence-electron chi connectivity index (χ3n) is 3.79. The Kier molecular flexibility index (Phi) is 4.90. The Morgan fingerprint density at radius 3 is 2.64 bits per heavy atom. The lowest BCUT2D eigenvalue weighted by atomic mass is 9.97. The number of amides is 1. The smallest absolute Gasteiger partial charge is 0.434 e. The van der Waals surface area contributed by atoms with Gasteiger partial charge in [-0.25, -0.2) is 4.79 Å². The lowest BCUT2D eigenvalue weighted by Crippen LogP contribution is -2.26. The number of nitrogen functional groups attached to an aromatic ring is 1. The van der Waals surface area contributed by atoms with Gasteiger partial charge in [0, 0.05) is 27.0 Å². The number of benzene rings is 2. The molecular weight excluding hydrogens is 382 g/mol. The zero-order chi connectivity index (χ0) is 18.0. The fraction of sp³-hybridized carbons (Fsp3) is 0.158. The van der Waals surface area contributed by atoms with E-state index >= 15 is 0 Å². The van der Waals surface area contributed by atoms with E-state index in [2.05, 4.69) is 21.0 Å². The molecule has 0 fully saturated rings. The van der Waals surface area contributed by atoms with Crippen molar-refractivity contribution in [3.8, 4) is 0 Å². The maximum atomic E-state index is 12.3. The molecule has 128 valence electrons. The molecule has 2 aromatic rings. The predicted octanol–water partition coefficient (Wildman–Crippen LogP) is 4.62. The van der Waals surface area contributed by atoms with E-state index in [4.69, 9.17) is 10.5 Å². The third kappa shape index (κ3) is 3.58. The van der Waals surface area contributed by atoms with Gasteiger partial charge in [0.15, 0.2) is 0 Å². The van der Waals surface area contributed by atoms with Gasteiger partial charge in [-0.2, -0.15) is 10.1 Å². The number of anilines is 1. The predicted molar refractivity (Wildman–Crippen MR) is 103 cm³/mol. The van der Waals surface area contributed by atoms with Gasteiger partial charge in [0.05, 0.1) is 12.3 Å². The summed E-state index contributed by atoms with van der Waals surface area (Å²) in [6.07, 6.45) is 1.42. The molecule has 0 unspecified atom stereocenters. The van der Waals surface area contributed by atoms with Crippen molar-refractivity contribution in [3.63, 3.8) is 0 Å². The molecule has 2 aromatic carbocycles. The van der Waals surface area contributed by atoms with Crippen LogP contribution in [0.1, 0.15) is 30.5 Å². The van der Waals surface area contributed by atoms with E-state index in [0.717, 1.165) is 21.2 Å². The second-order valence-electron chi connectivity index (χ2n) is 5.60. The topological polar surface area (TPSA) is 67.9 Å². The van der Waals surface area contributed by atoms with Crippen LogP contribution in [-0.4, -0.2) is 23.4 Å². The van der Waals surface area contributed by atoms with Crippen LogP contribution in [0.4, 0.5) is 10.5 Å². The van der Waals surface area contributed by atoms with E-state index < -0.39 is 6.09 Å². The van der Waals surface area contributed by atoms with Crippen LogP contribution in [0.3, 0.4) is 0 Å². The van der Waals surface area contributed by atoms with Crippen LogP contribution in [-0.2, 0) is 4.74 Å². The standard InChI is InChI=1S/C19H18BrN3O2/c1-3-25-19(24)23-12(2)10-14-4-7-15(20)11-17(14)18(22-23)13-5-8-16(21)9-6-13/h4-11H,3,21H2,1-2H3. The fourth-order valence-corrected chi connectivity index (χ4v) is 2.96. The monoisotopic (exact) mass is 399 g/mol. The van der Waals surface area contributed by atoms with Gasteiger partial charge in [0.2, 0.25) is 0 Å². The zero-order valence-corrected chi connectivity index (χ0v) is 15.6. The maximum absolute atomic E-state index is 12.3. The Labute approximate surface area is 154 Å². The summed E-state index contributed by atoms with van der Waals surface area (Å²) in [4.78, 5) is 12.3. The Hall–Kier alpha value is -2.60. The van der Waals surface area contributed by atoms with Crippen molar-refractivity contribution >= 4 is 39.5 Å². The van der Waals surface area contributed by atoms with Gasteiger partial charge in [-0.3, -0.25) is 0 Å². The van der Waals surface area contributed by atoms with Crippen molar-refractivity contribution in [2.75, 3.05) is 12.3 Å². The first-order valence-corrected chi connectivity index (χ1v) is 8.68. The molecule has 0 aromatic heterocycles. The number of hydrazone groups is 1. The highest BCUT2D eigenvalue weighted by atomic mass is 79.9. The third-order valence-corrected chi connectivity index (χ3v) is 4.29. The summed E-state index contributed by atoms with van der Waals surface area (Å²) in [6, 6.07) is 13.4. The van der Waals surface area contributed by atoms with Gasteiger partial charge in [0.25, 0.3) is 0 Å². The van der Waals surface area contributed by atoms with Crippen LogP contribution < -0.4 is 5.73 Å². The van der Waals surface area contributed by atoms with E-state index in [0.29, 0.717) is 17.1 Å². The molecular formula is C19H18BrN3O2. The molecule has 0 radical (unpaired) electrons. The normalized spacial score (nSPS) is 13.5. The lowest BCUT2D eigenvalue weighted by Gasteiger charge is -2.17. The largest absolute Gasteiger partial charge is 0.448 e. The van der Waals surface area contributed by atoms with Gasteiger partial charge in [0.1, 0.15) is 0 Å². The minimum atomic E-state index is -0.504. The van der Waals surface area contributed by atoms with Gasteiger partial charge in [-0.15, -0.1) is 0 Å². The number of carbonyl (C=O) groups is 1. The first-order valence-electron chi connectivity index (χ1n) is 7.89. The summed E-state index contributed by atoms with van der Waals surface area (Å²) in [7, 11) is 0. The van der Waals surface area contributed by atoms with Crippen molar-refractivity contribution in [1.82, 2.24) is 5.01 Å². The molecule has 0 atom stereocenters. The Balaban J connectivity index is 2.20. The maximum Gasteiger partial charge on any atom is 0.434 e. The van der Waals surface area contributed by atoms with E-state index in [1.54, 1.807) is 6.92 Å². The Morgan fingerprint density at radius 1 is 1.24 bits per heavy atom. The lowest BCUT2D eigenvalue weighted by molar-refractivity contribution is 0.120. The van der Waals surface area contributed by atoms with Crippen molar-refractivity contribution in [1.29, 1.82) is 0 Å². The van der Waals surface area contributed by atoms with Crippen LogP contribution in [0.5, 0.6) is 0 Å². The molecule has 1 amide bonds. The SMILES string of the molecule is CCOC(=O)N1N=C(c2ccc(N)cc2)c2cc(Br)ccc2C=C1C. The molecule has 0 saturated carbocycles. The quantitative estimate of drug-likeness (QED) is 0.749. The Morgan fingerprint density at radius 2 is 1.96 bits per heavy atom. The van der Waals surface area contributed by atoms with Gasteiger partial charge < -0.3 is 10.5 Å². The van der Waals surface area contributed by atoms with Crippen molar-refractivity contribution in [2.24, 2.45) is 5.10 Å². The van der Waals surface area contributed by atoms with Crippen molar-refractivity contribution in [3.05, 3.63) is 69.3 Å². The molecule has 0 spiro atoms. The number of nitrogens with two attached hydrogens (primary N) is 1. The number of carbonyl (C=O) groups excluding carboxylic acids is 1. The molecule has 3 rings (SSSR count). The number of hydrogen-bond donors (Lipinski definition) is 1. The molecule has 6 heteroatoms. The van der Waals surface area contributed by atoms with Crippen LogP contribution in [0.25, 0.3) is 6.08 Å². The van der Waals surface area contributed by atoms with Crippen molar-refractivity contribution in [2.45, 2.75) is 13.8 Å². The summed E-state index contributed by atoms with van der Waals surface area (Å²) in [5.74, 6) is 0. The summed E-state index contributed by atoms with van der Waals surface area (Å²) < 4.78 is 6.08. The highest BCUT2D eigenvalue weighted by Gasteiger charge is 2.23. The number of fused-ring (bicyclic) bond motifs is 1. The van der Waals surface area contributed by atoms with E-state index in [-0.39, 0.29) is 6.61 Å². The zero-order valence-electron chi connectivity index (χ0n) is 14.0. The second kappa shape index (κ2) is 7.11. The fourth-order valence-electron chi connectivity index (χ4n) is 2.60. The summed E-state index contributed by atoms with van der Waals surface area (Å²) in [5.41, 5.74) is 10.6. The number of halogens is 1. The average Bonchev–Trinajstić information content (AvgIpc) is 2.72. The molecule has 5 nitrogen and oxygen atoms in total. The Bertz CT molecular complexity index is 873. The molecule has 0 bridgehead atoms. The first kappa shape index (κ1) is 17.2. The number of nitrogens with zero attached hydrogens (tertiary/aromatic N) is 2. The molecule has 25 heavy (non-hydrogen) atoms. The van der Waals surface area contributed by atoms with Gasteiger partial charge in [-0.05, 0) is 49.8 Å². The average molecular weight is 400 g/mol. The van der Waals surface area contributed by atoms with E-state index in [1.807, 2.05) is 55.5 Å². The molecule has 2 N–H and O–H groups in total. The summed E-state index contributed by atoms with van der Waals surface area (Å²) in [6.45, 7) is 3.89. The number of rotatable bonds is 2. The molecule has 1 aliphatic heterocycles. The summed E-state index contributed by atoms with van der Waals surface area (Å²) in [5, 5.41) is 5.90. The van der Waals surface area contributed by atoms with Crippen LogP contribution in [0, 0.1) is 0 Å².